The minimum absolute atomic E-state index is 0.0441. The standard InChI is InChI=1S/C16H24BrNO/c1-3-12-5-4-6-13(9-12)19-14-7-8-15(11(2)18)16(17)10-14/h7-8,10-13H,3-6,9,18H2,1-2H3/t11-,12?,13?/m0/s1. The molecule has 19 heavy (non-hydrogen) atoms. The molecular weight excluding hydrogens is 302 g/mol. The molecule has 2 rings (SSSR count). The lowest BCUT2D eigenvalue weighted by Gasteiger charge is -2.29. The summed E-state index contributed by atoms with van der Waals surface area (Å²) in [6.07, 6.45) is 6.69. The van der Waals surface area contributed by atoms with Gasteiger partial charge in [0.1, 0.15) is 5.75 Å². The summed E-state index contributed by atoms with van der Waals surface area (Å²) in [6.45, 7) is 4.27. The van der Waals surface area contributed by atoms with Crippen LogP contribution in [0.1, 0.15) is 57.6 Å². The Kier molecular flexibility index (Phi) is 5.28. The Balaban J connectivity index is 2.01. The van der Waals surface area contributed by atoms with Crippen LogP contribution in [0.5, 0.6) is 5.75 Å². The molecule has 1 saturated carbocycles. The lowest BCUT2D eigenvalue weighted by Crippen LogP contribution is -2.25. The first-order valence-electron chi connectivity index (χ1n) is 7.31. The second-order valence-electron chi connectivity index (χ2n) is 5.65. The van der Waals surface area contributed by atoms with Gasteiger partial charge in [-0.05, 0) is 49.8 Å². The number of halogens is 1. The molecule has 2 unspecified atom stereocenters. The van der Waals surface area contributed by atoms with Crippen molar-refractivity contribution in [2.75, 3.05) is 0 Å². The summed E-state index contributed by atoms with van der Waals surface area (Å²) in [4.78, 5) is 0. The van der Waals surface area contributed by atoms with Crippen LogP contribution in [-0.4, -0.2) is 6.10 Å². The van der Waals surface area contributed by atoms with Gasteiger partial charge in [-0.2, -0.15) is 0 Å². The highest BCUT2D eigenvalue weighted by atomic mass is 79.9. The van der Waals surface area contributed by atoms with Crippen molar-refractivity contribution >= 4 is 15.9 Å². The van der Waals surface area contributed by atoms with Gasteiger partial charge in [-0.3, -0.25) is 0 Å². The van der Waals surface area contributed by atoms with Crippen molar-refractivity contribution in [1.29, 1.82) is 0 Å². The molecule has 1 aliphatic rings. The number of hydrogen-bond acceptors (Lipinski definition) is 2. The monoisotopic (exact) mass is 325 g/mol. The van der Waals surface area contributed by atoms with Gasteiger partial charge in [0.15, 0.2) is 0 Å². The normalized spacial score (nSPS) is 25.1. The molecule has 0 aromatic heterocycles. The summed E-state index contributed by atoms with van der Waals surface area (Å²) in [5.41, 5.74) is 7.04. The Morgan fingerprint density at radius 3 is 2.84 bits per heavy atom. The van der Waals surface area contributed by atoms with E-state index in [1.54, 1.807) is 0 Å². The third-order valence-corrected chi connectivity index (χ3v) is 4.76. The highest BCUT2D eigenvalue weighted by Gasteiger charge is 2.22. The van der Waals surface area contributed by atoms with E-state index in [9.17, 15) is 0 Å². The maximum absolute atomic E-state index is 6.13. The van der Waals surface area contributed by atoms with Gasteiger partial charge >= 0.3 is 0 Å². The predicted octanol–water partition coefficient (Wildman–Crippen LogP) is 4.82. The molecule has 0 bridgehead atoms. The van der Waals surface area contributed by atoms with Crippen molar-refractivity contribution in [3.8, 4) is 5.75 Å². The smallest absolute Gasteiger partial charge is 0.120 e. The Labute approximate surface area is 124 Å². The van der Waals surface area contributed by atoms with Crippen LogP contribution in [0.3, 0.4) is 0 Å². The highest BCUT2D eigenvalue weighted by Crippen LogP contribution is 2.32. The average Bonchev–Trinajstić information content (AvgIpc) is 2.38. The van der Waals surface area contributed by atoms with Gasteiger partial charge < -0.3 is 10.5 Å². The largest absolute Gasteiger partial charge is 0.490 e. The molecular formula is C16H24BrNO. The van der Waals surface area contributed by atoms with Crippen molar-refractivity contribution in [3.63, 3.8) is 0 Å². The maximum Gasteiger partial charge on any atom is 0.120 e. The van der Waals surface area contributed by atoms with Crippen LogP contribution >= 0.6 is 15.9 Å². The molecule has 1 aromatic carbocycles. The minimum atomic E-state index is 0.0441. The molecule has 0 amide bonds. The lowest BCUT2D eigenvalue weighted by atomic mass is 9.85. The van der Waals surface area contributed by atoms with Gasteiger partial charge in [0.05, 0.1) is 6.10 Å². The van der Waals surface area contributed by atoms with Gasteiger partial charge in [-0.25, -0.2) is 0 Å². The molecule has 0 aliphatic heterocycles. The third-order valence-electron chi connectivity index (χ3n) is 4.08. The molecule has 0 heterocycles. The zero-order valence-electron chi connectivity index (χ0n) is 11.9. The molecule has 0 spiro atoms. The SMILES string of the molecule is CCC1CCCC(Oc2ccc([C@H](C)N)c(Br)c2)C1. The summed E-state index contributed by atoms with van der Waals surface area (Å²) in [5, 5.41) is 0. The summed E-state index contributed by atoms with van der Waals surface area (Å²) in [7, 11) is 0. The number of ether oxygens (including phenoxy) is 1. The van der Waals surface area contributed by atoms with Gasteiger partial charge in [-0.15, -0.1) is 0 Å². The number of benzene rings is 1. The van der Waals surface area contributed by atoms with Crippen molar-refractivity contribution < 1.29 is 4.74 Å². The topological polar surface area (TPSA) is 35.2 Å². The fraction of sp³-hybridized carbons (Fsp3) is 0.625. The van der Waals surface area contributed by atoms with Crippen molar-refractivity contribution in [3.05, 3.63) is 28.2 Å². The number of rotatable bonds is 4. The molecule has 1 aliphatic carbocycles. The minimum Gasteiger partial charge on any atom is -0.490 e. The zero-order chi connectivity index (χ0) is 13.8. The van der Waals surface area contributed by atoms with Gasteiger partial charge in [0, 0.05) is 10.5 Å². The van der Waals surface area contributed by atoms with Crippen molar-refractivity contribution in [2.45, 2.75) is 58.1 Å². The maximum atomic E-state index is 6.13. The molecule has 0 saturated heterocycles. The first-order chi connectivity index (χ1) is 9.10. The Bertz CT molecular complexity index is 419. The fourth-order valence-corrected chi connectivity index (χ4v) is 3.58. The van der Waals surface area contributed by atoms with E-state index in [-0.39, 0.29) is 6.04 Å². The van der Waals surface area contributed by atoms with Gasteiger partial charge in [0.25, 0.3) is 0 Å². The van der Waals surface area contributed by atoms with Crippen LogP contribution < -0.4 is 10.5 Å². The van der Waals surface area contributed by atoms with E-state index < -0.39 is 0 Å². The summed E-state index contributed by atoms with van der Waals surface area (Å²) in [5.74, 6) is 1.79. The van der Waals surface area contributed by atoms with E-state index in [4.69, 9.17) is 10.5 Å². The van der Waals surface area contributed by atoms with Crippen LogP contribution in [0.25, 0.3) is 0 Å². The predicted molar refractivity (Wildman–Crippen MR) is 83.4 cm³/mol. The van der Waals surface area contributed by atoms with Crippen molar-refractivity contribution in [2.24, 2.45) is 11.7 Å². The molecule has 0 radical (unpaired) electrons. The fourth-order valence-electron chi connectivity index (χ4n) is 2.86. The summed E-state index contributed by atoms with van der Waals surface area (Å²) in [6, 6.07) is 6.19. The second kappa shape index (κ2) is 6.76. The number of hydrogen-bond donors (Lipinski definition) is 1. The Morgan fingerprint density at radius 1 is 1.42 bits per heavy atom. The van der Waals surface area contributed by atoms with Crippen LogP contribution in [0.15, 0.2) is 22.7 Å². The van der Waals surface area contributed by atoms with E-state index in [2.05, 4.69) is 28.9 Å². The summed E-state index contributed by atoms with van der Waals surface area (Å²) >= 11 is 3.58. The van der Waals surface area contributed by atoms with E-state index in [0.717, 1.165) is 21.7 Å². The first kappa shape index (κ1) is 14.9. The van der Waals surface area contributed by atoms with Crippen molar-refractivity contribution in [1.82, 2.24) is 0 Å². The molecule has 3 heteroatoms. The summed E-state index contributed by atoms with van der Waals surface area (Å²) < 4.78 is 7.18. The number of nitrogens with two attached hydrogens (primary N) is 1. The average molecular weight is 326 g/mol. The molecule has 2 N–H and O–H groups in total. The van der Waals surface area contributed by atoms with Crippen LogP contribution in [0.4, 0.5) is 0 Å². The van der Waals surface area contributed by atoms with Crippen LogP contribution in [-0.2, 0) is 0 Å². The Morgan fingerprint density at radius 2 is 2.21 bits per heavy atom. The van der Waals surface area contributed by atoms with Gasteiger partial charge in [-0.1, -0.05) is 41.8 Å². The first-order valence-corrected chi connectivity index (χ1v) is 8.11. The molecule has 2 nitrogen and oxygen atoms in total. The molecule has 1 fully saturated rings. The van der Waals surface area contributed by atoms with E-state index in [0.29, 0.717) is 6.10 Å². The van der Waals surface area contributed by atoms with E-state index in [1.807, 2.05) is 19.1 Å². The molecule has 106 valence electrons. The molecule has 1 aromatic rings. The highest BCUT2D eigenvalue weighted by molar-refractivity contribution is 9.10. The van der Waals surface area contributed by atoms with E-state index >= 15 is 0 Å². The lowest BCUT2D eigenvalue weighted by molar-refractivity contribution is 0.122. The quantitative estimate of drug-likeness (QED) is 0.861. The van der Waals surface area contributed by atoms with E-state index in [1.165, 1.54) is 32.1 Å². The van der Waals surface area contributed by atoms with Crippen LogP contribution in [0, 0.1) is 5.92 Å². The Hall–Kier alpha value is -0.540. The zero-order valence-corrected chi connectivity index (χ0v) is 13.4. The molecule has 3 atom stereocenters. The third kappa shape index (κ3) is 3.96. The van der Waals surface area contributed by atoms with Gasteiger partial charge in [0.2, 0.25) is 0 Å². The van der Waals surface area contributed by atoms with Crippen LogP contribution in [0.2, 0.25) is 0 Å². The second-order valence-corrected chi connectivity index (χ2v) is 6.51.